The normalized spacial score (nSPS) is 18.6. The molecule has 2 aromatic rings. The number of hydrogen-bond acceptors (Lipinski definition) is 4. The molecule has 0 bridgehead atoms. The van der Waals surface area contributed by atoms with Gasteiger partial charge in [0.2, 0.25) is 5.91 Å². The summed E-state index contributed by atoms with van der Waals surface area (Å²) < 4.78 is 24.4. The Kier molecular flexibility index (Phi) is 6.75. The SMILES string of the molecule is COC(=O)[C@@H]1C[C@@H](Oc2ccccc2F)CN1C(=O)CCc1ccc(Cl)c(C)c1. The van der Waals surface area contributed by atoms with Gasteiger partial charge in [-0.25, -0.2) is 9.18 Å². The van der Waals surface area contributed by atoms with Gasteiger partial charge in [-0.15, -0.1) is 0 Å². The predicted octanol–water partition coefficient (Wildman–Crippen LogP) is 3.94. The number of rotatable bonds is 6. The lowest BCUT2D eigenvalue weighted by molar-refractivity contribution is -0.150. The van der Waals surface area contributed by atoms with Gasteiger partial charge in [0.25, 0.3) is 0 Å². The second-order valence-electron chi connectivity index (χ2n) is 7.07. The number of para-hydroxylation sites is 1. The molecule has 154 valence electrons. The number of nitrogens with zero attached hydrogens (tertiary/aromatic N) is 1. The first-order valence-corrected chi connectivity index (χ1v) is 9.80. The van der Waals surface area contributed by atoms with E-state index in [1.807, 2.05) is 25.1 Å². The van der Waals surface area contributed by atoms with Crippen molar-refractivity contribution in [3.63, 3.8) is 0 Å². The molecular formula is C22H23ClFNO4. The first kappa shape index (κ1) is 21.1. The van der Waals surface area contributed by atoms with E-state index in [4.69, 9.17) is 21.1 Å². The van der Waals surface area contributed by atoms with E-state index in [-0.39, 0.29) is 31.0 Å². The number of aryl methyl sites for hydroxylation is 2. The maximum Gasteiger partial charge on any atom is 0.328 e. The van der Waals surface area contributed by atoms with E-state index < -0.39 is 23.9 Å². The number of ether oxygens (including phenoxy) is 2. The van der Waals surface area contributed by atoms with Crippen molar-refractivity contribution in [2.45, 2.75) is 38.3 Å². The summed E-state index contributed by atoms with van der Waals surface area (Å²) in [5.41, 5.74) is 1.94. The first-order chi connectivity index (χ1) is 13.9. The molecule has 2 atom stereocenters. The molecule has 5 nitrogen and oxygen atoms in total. The topological polar surface area (TPSA) is 55.8 Å². The van der Waals surface area contributed by atoms with Gasteiger partial charge in [-0.05, 0) is 42.7 Å². The summed E-state index contributed by atoms with van der Waals surface area (Å²) in [6.45, 7) is 2.11. The summed E-state index contributed by atoms with van der Waals surface area (Å²) in [7, 11) is 1.28. The van der Waals surface area contributed by atoms with Crippen molar-refractivity contribution in [1.29, 1.82) is 0 Å². The van der Waals surface area contributed by atoms with Gasteiger partial charge >= 0.3 is 5.97 Å². The third kappa shape index (κ3) is 5.07. The van der Waals surface area contributed by atoms with Crippen LogP contribution in [-0.2, 0) is 20.7 Å². The zero-order chi connectivity index (χ0) is 21.0. The molecule has 2 aromatic carbocycles. The van der Waals surface area contributed by atoms with Gasteiger partial charge < -0.3 is 14.4 Å². The highest BCUT2D eigenvalue weighted by Gasteiger charge is 2.41. The van der Waals surface area contributed by atoms with Crippen LogP contribution in [0.25, 0.3) is 0 Å². The number of hydrogen-bond donors (Lipinski definition) is 0. The molecule has 1 aliphatic rings. The van der Waals surface area contributed by atoms with E-state index in [1.54, 1.807) is 12.1 Å². The lowest BCUT2D eigenvalue weighted by Crippen LogP contribution is -2.41. The fourth-order valence-corrected chi connectivity index (χ4v) is 3.61. The van der Waals surface area contributed by atoms with Crippen LogP contribution >= 0.6 is 11.6 Å². The van der Waals surface area contributed by atoms with Crippen molar-refractivity contribution in [3.05, 3.63) is 64.4 Å². The minimum Gasteiger partial charge on any atom is -0.485 e. The van der Waals surface area contributed by atoms with E-state index in [1.165, 1.54) is 24.1 Å². The third-order valence-electron chi connectivity index (χ3n) is 5.04. The molecule has 1 fully saturated rings. The van der Waals surface area contributed by atoms with E-state index in [0.717, 1.165) is 11.1 Å². The highest BCUT2D eigenvalue weighted by Crippen LogP contribution is 2.26. The van der Waals surface area contributed by atoms with Crippen molar-refractivity contribution >= 4 is 23.5 Å². The summed E-state index contributed by atoms with van der Waals surface area (Å²) in [6.07, 6.45) is 0.533. The van der Waals surface area contributed by atoms with Crippen molar-refractivity contribution < 1.29 is 23.5 Å². The molecule has 0 aliphatic carbocycles. The van der Waals surface area contributed by atoms with Gasteiger partial charge in [-0.3, -0.25) is 4.79 Å². The molecule has 1 amide bonds. The van der Waals surface area contributed by atoms with Crippen LogP contribution in [0.2, 0.25) is 5.02 Å². The minimum atomic E-state index is -0.740. The van der Waals surface area contributed by atoms with Crippen LogP contribution in [0.15, 0.2) is 42.5 Å². The highest BCUT2D eigenvalue weighted by atomic mass is 35.5. The first-order valence-electron chi connectivity index (χ1n) is 9.42. The van der Waals surface area contributed by atoms with E-state index >= 15 is 0 Å². The summed E-state index contributed by atoms with van der Waals surface area (Å²) in [4.78, 5) is 26.5. The number of amides is 1. The Hall–Kier alpha value is -2.60. The number of carbonyl (C=O) groups excluding carboxylic acids is 2. The van der Waals surface area contributed by atoms with Crippen molar-refractivity contribution in [2.24, 2.45) is 0 Å². The van der Waals surface area contributed by atoms with Crippen LogP contribution in [0.5, 0.6) is 5.75 Å². The average Bonchev–Trinajstić information content (AvgIpc) is 3.14. The smallest absolute Gasteiger partial charge is 0.328 e. The molecular weight excluding hydrogens is 397 g/mol. The van der Waals surface area contributed by atoms with Gasteiger partial charge in [-0.2, -0.15) is 0 Å². The fourth-order valence-electron chi connectivity index (χ4n) is 3.49. The monoisotopic (exact) mass is 419 g/mol. The summed E-state index contributed by atoms with van der Waals surface area (Å²) >= 11 is 6.04. The predicted molar refractivity (Wildman–Crippen MR) is 107 cm³/mol. The number of benzene rings is 2. The quantitative estimate of drug-likeness (QED) is 0.665. The molecule has 0 spiro atoms. The summed E-state index contributed by atoms with van der Waals surface area (Å²) in [5, 5.41) is 0.679. The van der Waals surface area contributed by atoms with E-state index in [9.17, 15) is 14.0 Å². The maximum absolute atomic E-state index is 13.9. The Morgan fingerprint density at radius 3 is 2.69 bits per heavy atom. The van der Waals surface area contributed by atoms with Crippen molar-refractivity contribution in [2.75, 3.05) is 13.7 Å². The molecule has 3 rings (SSSR count). The highest BCUT2D eigenvalue weighted by molar-refractivity contribution is 6.31. The van der Waals surface area contributed by atoms with Gasteiger partial charge in [0.1, 0.15) is 12.1 Å². The third-order valence-corrected chi connectivity index (χ3v) is 5.46. The van der Waals surface area contributed by atoms with Crippen LogP contribution in [-0.4, -0.2) is 42.6 Å². The van der Waals surface area contributed by atoms with Gasteiger partial charge in [-0.1, -0.05) is 35.9 Å². The molecule has 29 heavy (non-hydrogen) atoms. The Morgan fingerprint density at radius 1 is 1.24 bits per heavy atom. The number of likely N-dealkylation sites (tertiary alicyclic amines) is 1. The number of methoxy groups -OCH3 is 1. The largest absolute Gasteiger partial charge is 0.485 e. The standard InChI is InChI=1S/C22H23ClFNO4/c1-14-11-15(7-9-17(14)23)8-10-21(26)25-13-16(12-19(25)22(27)28-2)29-20-6-4-3-5-18(20)24/h3-7,9,11,16,19H,8,10,12-13H2,1-2H3/t16-,19+/m1/s1. The molecule has 0 saturated carbocycles. The average molecular weight is 420 g/mol. The van der Waals surface area contributed by atoms with Gasteiger partial charge in [0.05, 0.1) is 13.7 Å². The Balaban J connectivity index is 1.67. The Morgan fingerprint density at radius 2 is 2.00 bits per heavy atom. The maximum atomic E-state index is 13.9. The van der Waals surface area contributed by atoms with Crippen LogP contribution in [0.4, 0.5) is 4.39 Å². The van der Waals surface area contributed by atoms with Crippen LogP contribution in [0, 0.1) is 12.7 Å². The molecule has 0 aromatic heterocycles. The number of carbonyl (C=O) groups is 2. The summed E-state index contributed by atoms with van der Waals surface area (Å²) in [5.74, 6) is -1.05. The molecule has 0 radical (unpaired) electrons. The zero-order valence-corrected chi connectivity index (χ0v) is 17.1. The molecule has 1 heterocycles. The second kappa shape index (κ2) is 9.27. The minimum absolute atomic E-state index is 0.104. The van der Waals surface area contributed by atoms with Crippen LogP contribution in [0.1, 0.15) is 24.0 Å². The molecule has 0 unspecified atom stereocenters. The molecule has 1 saturated heterocycles. The lowest BCUT2D eigenvalue weighted by Gasteiger charge is -2.22. The van der Waals surface area contributed by atoms with E-state index in [0.29, 0.717) is 11.4 Å². The lowest BCUT2D eigenvalue weighted by atomic mass is 10.1. The Bertz CT molecular complexity index is 904. The summed E-state index contributed by atoms with van der Waals surface area (Å²) in [6, 6.07) is 11.0. The number of halogens is 2. The van der Waals surface area contributed by atoms with Gasteiger partial charge in [0, 0.05) is 17.9 Å². The second-order valence-corrected chi connectivity index (χ2v) is 7.48. The fraction of sp³-hybridized carbons (Fsp3) is 0.364. The van der Waals surface area contributed by atoms with Gasteiger partial charge in [0.15, 0.2) is 11.6 Å². The van der Waals surface area contributed by atoms with Crippen molar-refractivity contribution in [1.82, 2.24) is 4.90 Å². The van der Waals surface area contributed by atoms with Crippen LogP contribution < -0.4 is 4.74 Å². The molecule has 7 heteroatoms. The zero-order valence-electron chi connectivity index (χ0n) is 16.4. The van der Waals surface area contributed by atoms with Crippen LogP contribution in [0.3, 0.4) is 0 Å². The Labute approximate surface area is 174 Å². The van der Waals surface area contributed by atoms with Crippen molar-refractivity contribution in [3.8, 4) is 5.75 Å². The molecule has 0 N–H and O–H groups in total. The van der Waals surface area contributed by atoms with E-state index in [2.05, 4.69) is 0 Å². The number of esters is 1. The molecule has 1 aliphatic heterocycles.